The van der Waals surface area contributed by atoms with Crippen LogP contribution >= 0.6 is 11.6 Å². The Kier molecular flexibility index (Phi) is 4.11. The van der Waals surface area contributed by atoms with Gasteiger partial charge < -0.3 is 0 Å². The highest BCUT2D eigenvalue weighted by Crippen LogP contribution is 2.30. The molecule has 7 heteroatoms. The van der Waals surface area contributed by atoms with Gasteiger partial charge in [-0.15, -0.1) is 0 Å². The zero-order chi connectivity index (χ0) is 16.6. The van der Waals surface area contributed by atoms with Crippen LogP contribution in [-0.4, -0.2) is 30.1 Å². The molecule has 0 bridgehead atoms. The highest BCUT2D eigenvalue weighted by Gasteiger charge is 2.22. The van der Waals surface area contributed by atoms with Crippen LogP contribution in [0.4, 0.5) is 14.5 Å². The summed E-state index contributed by atoms with van der Waals surface area (Å²) in [5.74, 6) is 4.81. The SMILES string of the molecule is CN(N)C1=Nc2ccc(Cl)cc2C(c2c(F)cccc2F)=NC1. The molecule has 0 saturated carbocycles. The molecule has 3 rings (SSSR count). The summed E-state index contributed by atoms with van der Waals surface area (Å²) >= 11 is 6.04. The van der Waals surface area contributed by atoms with Crippen molar-refractivity contribution in [1.29, 1.82) is 0 Å². The molecular formula is C16H13ClF2N4. The van der Waals surface area contributed by atoms with Crippen molar-refractivity contribution in [2.75, 3.05) is 13.6 Å². The van der Waals surface area contributed by atoms with Crippen molar-refractivity contribution in [2.45, 2.75) is 0 Å². The van der Waals surface area contributed by atoms with Gasteiger partial charge in [0, 0.05) is 17.6 Å². The molecule has 0 aromatic heterocycles. The number of benzene rings is 2. The first-order chi connectivity index (χ1) is 11.0. The van der Waals surface area contributed by atoms with Gasteiger partial charge in [0.05, 0.1) is 23.5 Å². The zero-order valence-electron chi connectivity index (χ0n) is 12.2. The number of amidine groups is 1. The molecule has 0 unspecified atom stereocenters. The number of aliphatic imine (C=N–C) groups is 2. The Bertz CT molecular complexity index is 811. The van der Waals surface area contributed by atoms with E-state index in [9.17, 15) is 8.78 Å². The maximum absolute atomic E-state index is 14.2. The van der Waals surface area contributed by atoms with Gasteiger partial charge >= 0.3 is 0 Å². The average molecular weight is 335 g/mol. The number of rotatable bonds is 1. The van der Waals surface area contributed by atoms with E-state index in [1.54, 1.807) is 25.2 Å². The number of likely N-dealkylation sites (N-methyl/N-ethyl adjacent to an activating group) is 1. The molecule has 2 aromatic rings. The third kappa shape index (κ3) is 2.95. The Morgan fingerprint density at radius 3 is 2.52 bits per heavy atom. The van der Waals surface area contributed by atoms with Gasteiger partial charge in [-0.3, -0.25) is 10.0 Å². The smallest absolute Gasteiger partial charge is 0.140 e. The number of hydrogen-bond donors (Lipinski definition) is 1. The molecule has 0 fully saturated rings. The van der Waals surface area contributed by atoms with Crippen LogP contribution in [0.5, 0.6) is 0 Å². The van der Waals surface area contributed by atoms with Crippen LogP contribution in [0, 0.1) is 11.6 Å². The van der Waals surface area contributed by atoms with E-state index in [4.69, 9.17) is 17.4 Å². The number of fused-ring (bicyclic) bond motifs is 1. The summed E-state index contributed by atoms with van der Waals surface area (Å²) in [5, 5.41) is 1.75. The summed E-state index contributed by atoms with van der Waals surface area (Å²) in [5.41, 5.74) is 0.921. The molecule has 1 heterocycles. The number of hydrogen-bond acceptors (Lipinski definition) is 4. The van der Waals surface area contributed by atoms with Gasteiger partial charge in [0.25, 0.3) is 0 Å². The standard InChI is InChI=1S/C16H13ClF2N4/c1-23(20)14-8-21-16(15-11(18)3-2-4-12(15)19)10-7-9(17)5-6-13(10)22-14/h2-7H,8,20H2,1H3. The van der Waals surface area contributed by atoms with Gasteiger partial charge in [0.2, 0.25) is 0 Å². The predicted octanol–water partition coefficient (Wildman–Crippen LogP) is 3.30. The van der Waals surface area contributed by atoms with E-state index in [-0.39, 0.29) is 17.8 Å². The average Bonchev–Trinajstić information content (AvgIpc) is 2.67. The Balaban J connectivity index is 2.26. The second kappa shape index (κ2) is 6.06. The minimum absolute atomic E-state index is 0.0996. The molecule has 0 radical (unpaired) electrons. The maximum atomic E-state index is 14.2. The monoisotopic (exact) mass is 334 g/mol. The van der Waals surface area contributed by atoms with Crippen LogP contribution in [0.2, 0.25) is 5.02 Å². The van der Waals surface area contributed by atoms with Crippen LogP contribution < -0.4 is 5.84 Å². The van der Waals surface area contributed by atoms with E-state index in [1.165, 1.54) is 23.2 Å². The van der Waals surface area contributed by atoms with E-state index in [2.05, 4.69) is 9.98 Å². The Morgan fingerprint density at radius 2 is 1.87 bits per heavy atom. The first-order valence-electron chi connectivity index (χ1n) is 6.82. The molecule has 1 aliphatic rings. The van der Waals surface area contributed by atoms with E-state index in [0.717, 1.165) is 0 Å². The summed E-state index contributed by atoms with van der Waals surface area (Å²) in [6.45, 7) is 0.0996. The van der Waals surface area contributed by atoms with E-state index in [1.807, 2.05) is 0 Å². The van der Waals surface area contributed by atoms with Crippen molar-refractivity contribution >= 4 is 28.8 Å². The fourth-order valence-corrected chi connectivity index (χ4v) is 2.51. The molecule has 0 spiro atoms. The first-order valence-corrected chi connectivity index (χ1v) is 7.20. The largest absolute Gasteiger partial charge is 0.300 e. The van der Waals surface area contributed by atoms with Gasteiger partial charge in [0.15, 0.2) is 0 Å². The summed E-state index contributed by atoms with van der Waals surface area (Å²) in [4.78, 5) is 8.74. The second-order valence-corrected chi connectivity index (χ2v) is 5.50. The lowest BCUT2D eigenvalue weighted by atomic mass is 9.99. The van der Waals surface area contributed by atoms with Crippen molar-refractivity contribution in [1.82, 2.24) is 5.01 Å². The van der Waals surface area contributed by atoms with E-state index in [0.29, 0.717) is 22.1 Å². The normalized spacial score (nSPS) is 13.8. The Labute approximate surface area is 136 Å². The third-order valence-electron chi connectivity index (χ3n) is 3.45. The molecule has 0 aliphatic carbocycles. The number of hydrazine groups is 1. The summed E-state index contributed by atoms with van der Waals surface area (Å²) < 4.78 is 28.4. The molecule has 0 amide bonds. The molecule has 1 aliphatic heterocycles. The molecule has 4 nitrogen and oxygen atoms in total. The zero-order valence-corrected chi connectivity index (χ0v) is 13.0. The number of halogens is 3. The fraction of sp³-hybridized carbons (Fsp3) is 0.125. The van der Waals surface area contributed by atoms with Crippen molar-refractivity contribution in [3.05, 3.63) is 64.2 Å². The maximum Gasteiger partial charge on any atom is 0.140 e. The molecule has 0 atom stereocenters. The van der Waals surface area contributed by atoms with Gasteiger partial charge in [-0.2, -0.15) is 0 Å². The Hall–Kier alpha value is -2.31. The predicted molar refractivity (Wildman–Crippen MR) is 87.4 cm³/mol. The van der Waals surface area contributed by atoms with Gasteiger partial charge in [0.1, 0.15) is 17.5 Å². The van der Waals surface area contributed by atoms with E-state index >= 15 is 0 Å². The van der Waals surface area contributed by atoms with Gasteiger partial charge in [-0.25, -0.2) is 19.6 Å². The molecule has 118 valence electrons. The highest BCUT2D eigenvalue weighted by atomic mass is 35.5. The van der Waals surface area contributed by atoms with Crippen LogP contribution in [0.15, 0.2) is 46.4 Å². The summed E-state index contributed by atoms with van der Waals surface area (Å²) in [6.07, 6.45) is 0. The molecule has 0 saturated heterocycles. The molecule has 23 heavy (non-hydrogen) atoms. The van der Waals surface area contributed by atoms with Gasteiger partial charge in [-0.05, 0) is 30.3 Å². The topological polar surface area (TPSA) is 54.0 Å². The lowest BCUT2D eigenvalue weighted by Gasteiger charge is -2.12. The van der Waals surface area contributed by atoms with Crippen LogP contribution in [0.1, 0.15) is 11.1 Å². The molecular weight excluding hydrogens is 322 g/mol. The lowest BCUT2D eigenvalue weighted by molar-refractivity contribution is 0.531. The number of nitrogens with two attached hydrogens (primary N) is 1. The van der Waals surface area contributed by atoms with Crippen molar-refractivity contribution < 1.29 is 8.78 Å². The van der Waals surface area contributed by atoms with Crippen molar-refractivity contribution in [3.63, 3.8) is 0 Å². The Morgan fingerprint density at radius 1 is 1.17 bits per heavy atom. The van der Waals surface area contributed by atoms with Crippen molar-refractivity contribution in [2.24, 2.45) is 15.8 Å². The second-order valence-electron chi connectivity index (χ2n) is 5.06. The third-order valence-corrected chi connectivity index (χ3v) is 3.68. The quantitative estimate of drug-likeness (QED) is 0.642. The van der Waals surface area contributed by atoms with Crippen LogP contribution in [0.25, 0.3) is 0 Å². The fourth-order valence-electron chi connectivity index (χ4n) is 2.33. The lowest BCUT2D eigenvalue weighted by Crippen LogP contribution is -2.34. The highest BCUT2D eigenvalue weighted by molar-refractivity contribution is 6.31. The summed E-state index contributed by atoms with van der Waals surface area (Å²) in [7, 11) is 1.62. The van der Waals surface area contributed by atoms with Crippen LogP contribution in [0.3, 0.4) is 0 Å². The number of nitrogens with zero attached hydrogens (tertiary/aromatic N) is 3. The summed E-state index contributed by atoms with van der Waals surface area (Å²) in [6, 6.07) is 8.59. The molecule has 2 N–H and O–H groups in total. The van der Waals surface area contributed by atoms with E-state index < -0.39 is 11.6 Å². The minimum Gasteiger partial charge on any atom is -0.300 e. The van der Waals surface area contributed by atoms with Crippen LogP contribution in [-0.2, 0) is 0 Å². The van der Waals surface area contributed by atoms with Crippen molar-refractivity contribution in [3.8, 4) is 0 Å². The molecule has 2 aromatic carbocycles. The minimum atomic E-state index is -0.695. The first kappa shape index (κ1) is 15.6. The van der Waals surface area contributed by atoms with Gasteiger partial charge in [-0.1, -0.05) is 17.7 Å².